The van der Waals surface area contributed by atoms with Gasteiger partial charge in [0.1, 0.15) is 23.3 Å². The topological polar surface area (TPSA) is 41.1 Å². The lowest BCUT2D eigenvalue weighted by atomic mass is 10.2. The summed E-state index contributed by atoms with van der Waals surface area (Å²) in [6.45, 7) is 6.85. The van der Waals surface area contributed by atoms with Gasteiger partial charge < -0.3 is 10.2 Å². The minimum absolute atomic E-state index is 0.255. The molecule has 2 aromatic carbocycles. The van der Waals surface area contributed by atoms with Crippen molar-refractivity contribution >= 4 is 17.3 Å². The average Bonchev–Trinajstić information content (AvgIpc) is 2.62. The number of rotatable bonds is 6. The monoisotopic (exact) mass is 350 g/mol. The van der Waals surface area contributed by atoms with E-state index < -0.39 is 0 Å². The largest absolute Gasteiger partial charge is 0.350 e. The molecule has 3 rings (SSSR count). The molecule has 0 saturated carbocycles. The summed E-state index contributed by atoms with van der Waals surface area (Å²) in [4.78, 5) is 11.2. The van der Waals surface area contributed by atoms with E-state index in [1.807, 2.05) is 31.2 Å². The maximum absolute atomic E-state index is 13.9. The van der Waals surface area contributed by atoms with Crippen LogP contribution in [0.1, 0.15) is 25.2 Å². The fourth-order valence-corrected chi connectivity index (χ4v) is 2.77. The molecule has 0 unspecified atom stereocenters. The molecule has 1 aromatic heterocycles. The number of hydrogen-bond acceptors (Lipinski definition) is 4. The van der Waals surface area contributed by atoms with Crippen molar-refractivity contribution in [2.24, 2.45) is 0 Å². The van der Waals surface area contributed by atoms with E-state index in [-0.39, 0.29) is 11.9 Å². The highest BCUT2D eigenvalue weighted by atomic mass is 19.1. The SMILES string of the molecule is Cc1nc(Nc2ccccc2F)cc(N(Cc2ccccc2)C(C)C)n1. The molecule has 4 nitrogen and oxygen atoms in total. The summed E-state index contributed by atoms with van der Waals surface area (Å²) in [6, 6.07) is 19.0. The quantitative estimate of drug-likeness (QED) is 0.673. The molecule has 134 valence electrons. The number of anilines is 3. The van der Waals surface area contributed by atoms with Crippen LogP contribution in [0.4, 0.5) is 21.7 Å². The van der Waals surface area contributed by atoms with Crippen molar-refractivity contribution in [1.82, 2.24) is 9.97 Å². The van der Waals surface area contributed by atoms with Crippen molar-refractivity contribution in [2.45, 2.75) is 33.4 Å². The van der Waals surface area contributed by atoms with E-state index in [9.17, 15) is 4.39 Å². The molecule has 0 aliphatic heterocycles. The van der Waals surface area contributed by atoms with Gasteiger partial charge in [-0.15, -0.1) is 0 Å². The van der Waals surface area contributed by atoms with Crippen molar-refractivity contribution in [3.63, 3.8) is 0 Å². The Morgan fingerprint density at radius 2 is 1.69 bits per heavy atom. The average molecular weight is 350 g/mol. The summed E-state index contributed by atoms with van der Waals surface area (Å²) in [7, 11) is 0. The van der Waals surface area contributed by atoms with Crippen molar-refractivity contribution in [2.75, 3.05) is 10.2 Å². The lowest BCUT2D eigenvalue weighted by molar-refractivity contribution is 0.631. The Morgan fingerprint density at radius 3 is 2.38 bits per heavy atom. The normalized spacial score (nSPS) is 10.8. The smallest absolute Gasteiger partial charge is 0.146 e. The van der Waals surface area contributed by atoms with Crippen molar-refractivity contribution < 1.29 is 4.39 Å². The van der Waals surface area contributed by atoms with Crippen LogP contribution in [-0.4, -0.2) is 16.0 Å². The van der Waals surface area contributed by atoms with Crippen LogP contribution in [0.3, 0.4) is 0 Å². The number of aromatic nitrogens is 2. The van der Waals surface area contributed by atoms with Gasteiger partial charge in [-0.05, 0) is 38.5 Å². The summed E-state index contributed by atoms with van der Waals surface area (Å²) < 4.78 is 13.9. The molecule has 0 atom stereocenters. The molecule has 0 aliphatic rings. The third-order valence-electron chi connectivity index (χ3n) is 4.07. The van der Waals surface area contributed by atoms with Crippen LogP contribution in [0.15, 0.2) is 60.7 Å². The lowest BCUT2D eigenvalue weighted by Crippen LogP contribution is -2.31. The predicted molar refractivity (Wildman–Crippen MR) is 104 cm³/mol. The lowest BCUT2D eigenvalue weighted by Gasteiger charge is -2.28. The number of halogens is 1. The van der Waals surface area contributed by atoms with Crippen LogP contribution in [-0.2, 0) is 6.54 Å². The fraction of sp³-hybridized carbons (Fsp3) is 0.238. The zero-order valence-corrected chi connectivity index (χ0v) is 15.3. The maximum Gasteiger partial charge on any atom is 0.146 e. The highest BCUT2D eigenvalue weighted by Gasteiger charge is 2.15. The Balaban J connectivity index is 1.90. The minimum atomic E-state index is -0.310. The molecule has 5 heteroatoms. The number of nitrogens with zero attached hydrogens (tertiary/aromatic N) is 3. The van der Waals surface area contributed by atoms with Gasteiger partial charge in [0.15, 0.2) is 0 Å². The van der Waals surface area contributed by atoms with Crippen LogP contribution in [0, 0.1) is 12.7 Å². The van der Waals surface area contributed by atoms with E-state index in [1.165, 1.54) is 11.6 Å². The van der Waals surface area contributed by atoms with Crippen LogP contribution >= 0.6 is 0 Å². The molecule has 3 aromatic rings. The molecule has 0 saturated heterocycles. The first-order valence-electron chi connectivity index (χ1n) is 8.71. The number of para-hydroxylation sites is 1. The molecule has 0 aliphatic carbocycles. The van der Waals surface area contributed by atoms with E-state index in [0.29, 0.717) is 17.3 Å². The van der Waals surface area contributed by atoms with Gasteiger partial charge >= 0.3 is 0 Å². The van der Waals surface area contributed by atoms with Gasteiger partial charge in [-0.3, -0.25) is 0 Å². The van der Waals surface area contributed by atoms with Gasteiger partial charge in [-0.2, -0.15) is 0 Å². The molecule has 0 amide bonds. The van der Waals surface area contributed by atoms with Gasteiger partial charge in [0.05, 0.1) is 5.69 Å². The minimum Gasteiger partial charge on any atom is -0.350 e. The first-order valence-corrected chi connectivity index (χ1v) is 8.71. The van der Waals surface area contributed by atoms with Crippen LogP contribution in [0.2, 0.25) is 0 Å². The Hall–Kier alpha value is -2.95. The third kappa shape index (κ3) is 4.36. The number of nitrogens with one attached hydrogen (secondary N) is 1. The Labute approximate surface area is 153 Å². The second kappa shape index (κ2) is 7.95. The summed E-state index contributed by atoms with van der Waals surface area (Å²) in [5, 5.41) is 3.06. The van der Waals surface area contributed by atoms with E-state index in [2.05, 4.69) is 46.2 Å². The molecular formula is C21H23FN4. The summed E-state index contributed by atoms with van der Waals surface area (Å²) >= 11 is 0. The van der Waals surface area contributed by atoms with E-state index in [0.717, 1.165) is 12.4 Å². The molecule has 1 heterocycles. The van der Waals surface area contributed by atoms with Crippen LogP contribution in [0.25, 0.3) is 0 Å². The van der Waals surface area contributed by atoms with Gasteiger partial charge in [0.25, 0.3) is 0 Å². The van der Waals surface area contributed by atoms with Crippen LogP contribution < -0.4 is 10.2 Å². The first kappa shape index (κ1) is 17.9. The zero-order valence-electron chi connectivity index (χ0n) is 15.3. The zero-order chi connectivity index (χ0) is 18.5. The van der Waals surface area contributed by atoms with Gasteiger partial charge in [0, 0.05) is 18.7 Å². The summed E-state index contributed by atoms with van der Waals surface area (Å²) in [6.07, 6.45) is 0. The third-order valence-corrected chi connectivity index (χ3v) is 4.07. The standard InChI is InChI=1S/C21H23FN4/c1-15(2)26(14-17-9-5-4-6-10-17)21-13-20(23-16(3)24-21)25-19-12-8-7-11-18(19)22/h4-13,15H,14H2,1-3H3,(H,23,24,25). The molecule has 0 radical (unpaired) electrons. The van der Waals surface area contributed by atoms with Crippen molar-refractivity contribution in [3.05, 3.63) is 77.9 Å². The second-order valence-corrected chi connectivity index (χ2v) is 6.47. The Morgan fingerprint density at radius 1 is 1.00 bits per heavy atom. The Kier molecular flexibility index (Phi) is 5.46. The summed E-state index contributed by atoms with van der Waals surface area (Å²) in [5.41, 5.74) is 1.61. The highest BCUT2D eigenvalue weighted by Crippen LogP contribution is 2.24. The van der Waals surface area contributed by atoms with Gasteiger partial charge in [0.2, 0.25) is 0 Å². The molecule has 0 fully saturated rings. The number of aryl methyl sites for hydroxylation is 1. The predicted octanol–water partition coefficient (Wildman–Crippen LogP) is 5.08. The first-order chi connectivity index (χ1) is 12.5. The van der Waals surface area contributed by atoms with Crippen LogP contribution in [0.5, 0.6) is 0 Å². The van der Waals surface area contributed by atoms with E-state index in [1.54, 1.807) is 18.2 Å². The van der Waals surface area contributed by atoms with Gasteiger partial charge in [-0.1, -0.05) is 42.5 Å². The van der Waals surface area contributed by atoms with E-state index in [4.69, 9.17) is 0 Å². The molecule has 0 spiro atoms. The second-order valence-electron chi connectivity index (χ2n) is 6.47. The van der Waals surface area contributed by atoms with Crippen molar-refractivity contribution in [1.29, 1.82) is 0 Å². The molecule has 26 heavy (non-hydrogen) atoms. The summed E-state index contributed by atoms with van der Waals surface area (Å²) in [5.74, 6) is 1.72. The van der Waals surface area contributed by atoms with Gasteiger partial charge in [-0.25, -0.2) is 14.4 Å². The van der Waals surface area contributed by atoms with Crippen molar-refractivity contribution in [3.8, 4) is 0 Å². The number of hydrogen-bond donors (Lipinski definition) is 1. The maximum atomic E-state index is 13.9. The molecule has 1 N–H and O–H groups in total. The van der Waals surface area contributed by atoms with E-state index >= 15 is 0 Å². The molecule has 0 bridgehead atoms. The Bertz CT molecular complexity index is 865. The molecular weight excluding hydrogens is 327 g/mol. The highest BCUT2D eigenvalue weighted by molar-refractivity contribution is 5.60. The fourth-order valence-electron chi connectivity index (χ4n) is 2.77. The number of benzene rings is 2.